The van der Waals surface area contributed by atoms with Crippen LogP contribution in [-0.2, 0) is 52.5 Å². The predicted molar refractivity (Wildman–Crippen MR) is 84.5 cm³/mol. The number of carbonyl (C=O) groups excluding carboxylic acids is 6. The van der Waals surface area contributed by atoms with Gasteiger partial charge in [-0.25, -0.2) is 0 Å². The number of methoxy groups -OCH3 is 5. The van der Waals surface area contributed by atoms with Gasteiger partial charge >= 0.3 is 23.9 Å². The molecule has 0 amide bonds. The van der Waals surface area contributed by atoms with Gasteiger partial charge in [0, 0.05) is 0 Å². The third-order valence-electron chi connectivity index (χ3n) is 2.37. The van der Waals surface area contributed by atoms with E-state index >= 15 is 0 Å². The summed E-state index contributed by atoms with van der Waals surface area (Å²) >= 11 is 0. The Morgan fingerprint density at radius 2 is 1.12 bits per heavy atom. The zero-order valence-corrected chi connectivity index (χ0v) is 15.3. The molecule has 0 aliphatic heterocycles. The summed E-state index contributed by atoms with van der Waals surface area (Å²) in [5.74, 6) is -3.19. The van der Waals surface area contributed by atoms with E-state index in [4.69, 9.17) is 4.79 Å². The van der Waals surface area contributed by atoms with Crippen molar-refractivity contribution in [3.63, 3.8) is 0 Å². The van der Waals surface area contributed by atoms with E-state index < -0.39 is 29.8 Å². The molecule has 1 atom stereocenters. The van der Waals surface area contributed by atoms with Gasteiger partial charge in [0.05, 0.1) is 54.8 Å². The van der Waals surface area contributed by atoms with Gasteiger partial charge in [-0.3, -0.25) is 24.0 Å². The molecule has 11 heteroatoms. The molecule has 0 N–H and O–H groups in total. The Bertz CT molecular complexity index is 429. The molecule has 0 aromatic rings. The van der Waals surface area contributed by atoms with E-state index in [0.717, 1.165) is 7.11 Å². The lowest BCUT2D eigenvalue weighted by Gasteiger charge is -2.05. The van der Waals surface area contributed by atoms with E-state index in [1.165, 1.54) is 28.4 Å². The molecule has 0 aliphatic carbocycles. The Morgan fingerprint density at radius 3 is 1.35 bits per heavy atom. The van der Waals surface area contributed by atoms with Crippen LogP contribution < -0.4 is 0 Å². The minimum atomic E-state index is -1.05. The summed E-state index contributed by atoms with van der Waals surface area (Å²) in [6, 6.07) is 0. The second-order valence-electron chi connectivity index (χ2n) is 4.03. The lowest BCUT2D eigenvalue weighted by atomic mass is 10.1. The Hall–Kier alpha value is -2.98. The van der Waals surface area contributed by atoms with Crippen LogP contribution >= 0.6 is 0 Å². The molecule has 0 radical (unpaired) electrons. The zero-order chi connectivity index (χ0) is 21.0. The van der Waals surface area contributed by atoms with Crippen molar-refractivity contribution in [1.29, 1.82) is 0 Å². The number of hydrogen-bond donors (Lipinski definition) is 0. The smallest absolute Gasteiger partial charge is 0.316 e. The van der Waals surface area contributed by atoms with Gasteiger partial charge < -0.3 is 28.5 Å². The van der Waals surface area contributed by atoms with Crippen molar-refractivity contribution in [2.75, 3.05) is 35.5 Å². The Balaban J connectivity index is -0.000000341. The Kier molecular flexibility index (Phi) is 21.5. The van der Waals surface area contributed by atoms with Crippen molar-refractivity contribution in [2.45, 2.75) is 19.3 Å². The van der Waals surface area contributed by atoms with E-state index in [2.05, 4.69) is 23.7 Å². The maximum absolute atomic E-state index is 10.7. The summed E-state index contributed by atoms with van der Waals surface area (Å²) in [6.45, 7) is 0.375. The normalized spacial score (nSPS) is 9.42. The summed E-state index contributed by atoms with van der Waals surface area (Å²) in [4.78, 5) is 61.3. The molecule has 0 aromatic carbocycles. The van der Waals surface area contributed by atoms with Crippen molar-refractivity contribution < 1.29 is 52.5 Å². The molecule has 0 fully saturated rings. The van der Waals surface area contributed by atoms with Gasteiger partial charge in [-0.15, -0.1) is 0 Å². The first kappa shape index (κ1) is 27.8. The Labute approximate surface area is 150 Å². The highest BCUT2D eigenvalue weighted by Crippen LogP contribution is 2.02. The van der Waals surface area contributed by atoms with Crippen molar-refractivity contribution in [3.8, 4) is 0 Å². The van der Waals surface area contributed by atoms with Crippen LogP contribution in [0.4, 0.5) is 0 Å². The molecule has 0 aliphatic rings. The van der Waals surface area contributed by atoms with Crippen LogP contribution in [0.15, 0.2) is 0 Å². The minimum Gasteiger partial charge on any atom is -0.471 e. The summed E-state index contributed by atoms with van der Waals surface area (Å²) in [6.07, 6.45) is 0.266. The van der Waals surface area contributed by atoms with Crippen LogP contribution in [0.25, 0.3) is 0 Å². The van der Waals surface area contributed by atoms with Gasteiger partial charge in [0.15, 0.2) is 0 Å². The molecule has 0 heterocycles. The molecule has 0 saturated heterocycles. The number of rotatable bonds is 8. The monoisotopic (exact) mass is 380 g/mol. The third kappa shape index (κ3) is 19.1. The van der Waals surface area contributed by atoms with E-state index in [1.807, 2.05) is 0 Å². The second kappa shape index (κ2) is 20.1. The highest BCUT2D eigenvalue weighted by molar-refractivity contribution is 5.91. The maximum atomic E-state index is 10.7. The summed E-state index contributed by atoms with van der Waals surface area (Å²) in [5.41, 5.74) is 0. The molecular formula is C15H24O11. The first-order chi connectivity index (χ1) is 12.3. The quantitative estimate of drug-likeness (QED) is 0.231. The fraction of sp³-hybridized carbons (Fsp3) is 0.600. The van der Waals surface area contributed by atoms with Crippen LogP contribution in [0.3, 0.4) is 0 Å². The highest BCUT2D eigenvalue weighted by Gasteiger charge is 2.21. The number of aldehydes is 1. The SMILES string of the molecule is COC(=O)CC(C=O)C(=O)OC.COC(=O)CCC(=O)OC.COC=O. The van der Waals surface area contributed by atoms with Crippen molar-refractivity contribution >= 4 is 36.6 Å². The lowest BCUT2D eigenvalue weighted by Crippen LogP contribution is -2.21. The lowest BCUT2D eigenvalue weighted by molar-refractivity contribution is -0.153. The molecule has 150 valence electrons. The summed E-state index contributed by atoms with van der Waals surface area (Å²) in [7, 11) is 6.20. The first-order valence-electron chi connectivity index (χ1n) is 6.97. The first-order valence-corrected chi connectivity index (χ1v) is 6.97. The molecular weight excluding hydrogens is 356 g/mol. The molecule has 0 rings (SSSR count). The fourth-order valence-corrected chi connectivity index (χ4v) is 1.01. The van der Waals surface area contributed by atoms with Crippen molar-refractivity contribution in [3.05, 3.63) is 0 Å². The van der Waals surface area contributed by atoms with Gasteiger partial charge in [-0.2, -0.15) is 0 Å². The topological polar surface area (TPSA) is 149 Å². The van der Waals surface area contributed by atoms with Gasteiger partial charge in [0.1, 0.15) is 12.2 Å². The predicted octanol–water partition coefficient (Wildman–Crippen LogP) is -0.561. The van der Waals surface area contributed by atoms with E-state index in [0.29, 0.717) is 12.8 Å². The molecule has 11 nitrogen and oxygen atoms in total. The van der Waals surface area contributed by atoms with Crippen LogP contribution in [0.2, 0.25) is 0 Å². The molecule has 1 unspecified atom stereocenters. The summed E-state index contributed by atoms with van der Waals surface area (Å²) in [5, 5.41) is 0. The Morgan fingerprint density at radius 1 is 0.731 bits per heavy atom. The fourth-order valence-electron chi connectivity index (χ4n) is 1.01. The zero-order valence-electron chi connectivity index (χ0n) is 15.3. The number of esters is 4. The standard InChI is InChI=1S/C7H10O5.C6H10O4.C2H4O2/c1-11-6(9)3-5(4-8)7(10)12-2;1-9-5(7)3-4-6(8)10-2;1-4-2-3/h4-5H,3H2,1-2H3;3-4H2,1-2H3;2H,1H3. The maximum Gasteiger partial charge on any atom is 0.316 e. The highest BCUT2D eigenvalue weighted by atomic mass is 16.5. The van der Waals surface area contributed by atoms with E-state index in [9.17, 15) is 24.0 Å². The molecule has 0 aromatic heterocycles. The van der Waals surface area contributed by atoms with Gasteiger partial charge in [0.25, 0.3) is 6.47 Å². The van der Waals surface area contributed by atoms with Crippen LogP contribution in [0.5, 0.6) is 0 Å². The molecule has 0 saturated carbocycles. The third-order valence-corrected chi connectivity index (χ3v) is 2.37. The van der Waals surface area contributed by atoms with E-state index in [-0.39, 0.29) is 19.3 Å². The van der Waals surface area contributed by atoms with Crippen LogP contribution in [0.1, 0.15) is 19.3 Å². The largest absolute Gasteiger partial charge is 0.471 e. The van der Waals surface area contributed by atoms with E-state index in [1.54, 1.807) is 0 Å². The molecule has 0 spiro atoms. The van der Waals surface area contributed by atoms with Crippen LogP contribution in [0, 0.1) is 5.92 Å². The van der Waals surface area contributed by atoms with Gasteiger partial charge in [-0.05, 0) is 0 Å². The molecule has 26 heavy (non-hydrogen) atoms. The van der Waals surface area contributed by atoms with Gasteiger partial charge in [-0.1, -0.05) is 0 Å². The number of ether oxygens (including phenoxy) is 5. The minimum absolute atomic E-state index is 0.0865. The average Bonchev–Trinajstić information content (AvgIpc) is 2.69. The van der Waals surface area contributed by atoms with Crippen molar-refractivity contribution in [2.24, 2.45) is 5.92 Å². The summed E-state index contributed by atoms with van der Waals surface area (Å²) < 4.78 is 21.0. The molecule has 0 bridgehead atoms. The average molecular weight is 380 g/mol. The van der Waals surface area contributed by atoms with Crippen molar-refractivity contribution in [1.82, 2.24) is 0 Å². The van der Waals surface area contributed by atoms with Gasteiger partial charge in [0.2, 0.25) is 0 Å². The number of hydrogen-bond acceptors (Lipinski definition) is 11. The number of carbonyl (C=O) groups is 6. The second-order valence-corrected chi connectivity index (χ2v) is 4.03. The van der Waals surface area contributed by atoms with Crippen LogP contribution in [-0.4, -0.2) is 72.2 Å².